The number of hydrogen-bond donors (Lipinski definition) is 1. The highest BCUT2D eigenvalue weighted by atomic mass is 16.5. The molecule has 1 N–H and O–H groups in total. The molecule has 0 atom stereocenters. The summed E-state index contributed by atoms with van der Waals surface area (Å²) in [5, 5.41) is 8.87. The van der Waals surface area contributed by atoms with E-state index in [0.717, 1.165) is 28.0 Å². The molecule has 0 aliphatic heterocycles. The molecule has 0 spiro atoms. The Morgan fingerprint density at radius 1 is 1.05 bits per heavy atom. The molecule has 0 aromatic heterocycles. The summed E-state index contributed by atoms with van der Waals surface area (Å²) < 4.78 is 5.14. The Kier molecular flexibility index (Phi) is 4.77. The molecular formula is C18H18O3. The van der Waals surface area contributed by atoms with Crippen molar-refractivity contribution in [1.82, 2.24) is 0 Å². The first-order valence-electron chi connectivity index (χ1n) is 6.82. The maximum atomic E-state index is 10.8. The molecule has 21 heavy (non-hydrogen) atoms. The molecule has 2 rings (SSSR count). The van der Waals surface area contributed by atoms with E-state index in [0.29, 0.717) is 6.42 Å². The predicted octanol–water partition coefficient (Wildman–Crippen LogP) is 4.24. The Labute approximate surface area is 124 Å². The second-order valence-corrected chi connectivity index (χ2v) is 4.67. The number of methoxy groups -OCH3 is 1. The van der Waals surface area contributed by atoms with Crippen molar-refractivity contribution in [3.63, 3.8) is 0 Å². The van der Waals surface area contributed by atoms with E-state index in [1.807, 2.05) is 55.5 Å². The Balaban J connectivity index is 2.27. The van der Waals surface area contributed by atoms with Crippen LogP contribution in [0.25, 0.3) is 16.7 Å². The first-order valence-corrected chi connectivity index (χ1v) is 6.82. The van der Waals surface area contributed by atoms with Crippen molar-refractivity contribution >= 4 is 11.5 Å². The summed E-state index contributed by atoms with van der Waals surface area (Å²) in [7, 11) is 1.64. The van der Waals surface area contributed by atoms with Gasteiger partial charge in [0.2, 0.25) is 0 Å². The molecule has 0 bridgehead atoms. The van der Waals surface area contributed by atoms with Crippen LogP contribution in [0.15, 0.2) is 54.6 Å². The van der Waals surface area contributed by atoms with Crippen LogP contribution in [-0.2, 0) is 4.79 Å². The lowest BCUT2D eigenvalue weighted by atomic mass is 9.99. The van der Waals surface area contributed by atoms with Gasteiger partial charge in [0.1, 0.15) is 5.75 Å². The monoisotopic (exact) mass is 282 g/mol. The molecule has 0 unspecified atom stereocenters. The average Bonchev–Trinajstić information content (AvgIpc) is 2.53. The van der Waals surface area contributed by atoms with E-state index < -0.39 is 5.97 Å². The molecule has 0 heterocycles. The van der Waals surface area contributed by atoms with Gasteiger partial charge in [0, 0.05) is 6.08 Å². The van der Waals surface area contributed by atoms with Crippen molar-refractivity contribution in [1.29, 1.82) is 0 Å². The Hall–Kier alpha value is -2.55. The summed E-state index contributed by atoms with van der Waals surface area (Å²) in [6, 6.07) is 15.8. The highest BCUT2D eigenvalue weighted by molar-refractivity contribution is 5.90. The summed E-state index contributed by atoms with van der Waals surface area (Å²) >= 11 is 0. The fourth-order valence-electron chi connectivity index (χ4n) is 2.20. The van der Waals surface area contributed by atoms with Crippen molar-refractivity contribution in [3.05, 3.63) is 60.2 Å². The van der Waals surface area contributed by atoms with Crippen molar-refractivity contribution in [2.24, 2.45) is 0 Å². The lowest BCUT2D eigenvalue weighted by Gasteiger charge is -2.07. The zero-order chi connectivity index (χ0) is 15.2. The summed E-state index contributed by atoms with van der Waals surface area (Å²) in [5.41, 5.74) is 3.95. The first-order chi connectivity index (χ1) is 10.1. The maximum absolute atomic E-state index is 10.8. The quantitative estimate of drug-likeness (QED) is 0.834. The number of carbonyl (C=O) groups is 1. The number of ether oxygens (including phenoxy) is 1. The fourth-order valence-corrected chi connectivity index (χ4v) is 2.20. The molecule has 0 saturated carbocycles. The zero-order valence-corrected chi connectivity index (χ0v) is 12.2. The van der Waals surface area contributed by atoms with E-state index in [4.69, 9.17) is 9.84 Å². The van der Waals surface area contributed by atoms with Gasteiger partial charge in [0.05, 0.1) is 7.11 Å². The summed E-state index contributed by atoms with van der Waals surface area (Å²) in [6.45, 7) is 1.95. The molecule has 3 heteroatoms. The van der Waals surface area contributed by atoms with Gasteiger partial charge in [-0.3, -0.25) is 0 Å². The molecule has 0 aliphatic carbocycles. The third-order valence-corrected chi connectivity index (χ3v) is 3.36. The maximum Gasteiger partial charge on any atom is 0.328 e. The van der Waals surface area contributed by atoms with Crippen LogP contribution in [0.1, 0.15) is 18.9 Å². The minimum absolute atomic E-state index is 0.689. The van der Waals surface area contributed by atoms with Gasteiger partial charge < -0.3 is 9.84 Å². The lowest BCUT2D eigenvalue weighted by molar-refractivity contribution is -0.131. The summed E-state index contributed by atoms with van der Waals surface area (Å²) in [6.07, 6.45) is 1.95. The van der Waals surface area contributed by atoms with Crippen molar-refractivity contribution < 1.29 is 14.6 Å². The zero-order valence-electron chi connectivity index (χ0n) is 12.2. The van der Waals surface area contributed by atoms with Crippen molar-refractivity contribution in [2.75, 3.05) is 7.11 Å². The molecule has 3 nitrogen and oxygen atoms in total. The summed E-state index contributed by atoms with van der Waals surface area (Å²) in [5.74, 6) is -0.0842. The lowest BCUT2D eigenvalue weighted by Crippen LogP contribution is -1.92. The molecule has 2 aromatic carbocycles. The third kappa shape index (κ3) is 3.72. The van der Waals surface area contributed by atoms with Gasteiger partial charge in [-0.1, -0.05) is 43.3 Å². The number of hydrogen-bond acceptors (Lipinski definition) is 2. The SMILES string of the molecule is CC/C(=C\C(=O)O)c1ccc(-c2ccc(OC)cc2)cc1. The molecule has 0 radical (unpaired) electrons. The fraction of sp³-hybridized carbons (Fsp3) is 0.167. The first kappa shape index (κ1) is 14.9. The van der Waals surface area contributed by atoms with Gasteiger partial charge >= 0.3 is 5.97 Å². The number of carboxylic acid groups (broad SMARTS) is 1. The number of allylic oxidation sites excluding steroid dienone is 1. The third-order valence-electron chi connectivity index (χ3n) is 3.36. The van der Waals surface area contributed by atoms with Gasteiger partial charge in [-0.25, -0.2) is 4.79 Å². The standard InChI is InChI=1S/C18H18O3/c1-3-13(12-18(19)20)14-4-6-15(7-5-14)16-8-10-17(21-2)11-9-16/h4-12H,3H2,1-2H3,(H,19,20)/b13-12+. The van der Waals surface area contributed by atoms with E-state index >= 15 is 0 Å². The van der Waals surface area contributed by atoms with Crippen molar-refractivity contribution in [3.8, 4) is 16.9 Å². The van der Waals surface area contributed by atoms with Gasteiger partial charge in [0.15, 0.2) is 0 Å². The minimum atomic E-state index is -0.911. The molecule has 0 saturated heterocycles. The smallest absolute Gasteiger partial charge is 0.328 e. The molecule has 108 valence electrons. The van der Waals surface area contributed by atoms with Crippen LogP contribution in [0.5, 0.6) is 5.75 Å². The highest BCUT2D eigenvalue weighted by Crippen LogP contribution is 2.25. The number of benzene rings is 2. The van der Waals surface area contributed by atoms with Gasteiger partial charge in [-0.05, 0) is 40.8 Å². The van der Waals surface area contributed by atoms with Crippen molar-refractivity contribution in [2.45, 2.75) is 13.3 Å². The van der Waals surface area contributed by atoms with Gasteiger partial charge in [0.25, 0.3) is 0 Å². The molecule has 0 aliphatic rings. The van der Waals surface area contributed by atoms with E-state index in [1.165, 1.54) is 6.08 Å². The van der Waals surface area contributed by atoms with E-state index in [9.17, 15) is 4.79 Å². The van der Waals surface area contributed by atoms with Crippen LogP contribution in [-0.4, -0.2) is 18.2 Å². The van der Waals surface area contributed by atoms with Gasteiger partial charge in [-0.15, -0.1) is 0 Å². The topological polar surface area (TPSA) is 46.5 Å². The van der Waals surface area contributed by atoms with Crippen LogP contribution in [0.3, 0.4) is 0 Å². The number of carboxylic acids is 1. The second-order valence-electron chi connectivity index (χ2n) is 4.67. The molecule has 2 aromatic rings. The molecular weight excluding hydrogens is 264 g/mol. The van der Waals surface area contributed by atoms with Gasteiger partial charge in [-0.2, -0.15) is 0 Å². The number of aliphatic carboxylic acids is 1. The predicted molar refractivity (Wildman–Crippen MR) is 84.3 cm³/mol. The van der Waals surface area contributed by atoms with Crippen LogP contribution in [0, 0.1) is 0 Å². The normalized spacial score (nSPS) is 11.2. The van der Waals surface area contributed by atoms with Crippen LogP contribution in [0.2, 0.25) is 0 Å². The second kappa shape index (κ2) is 6.75. The largest absolute Gasteiger partial charge is 0.497 e. The minimum Gasteiger partial charge on any atom is -0.497 e. The number of rotatable bonds is 5. The van der Waals surface area contributed by atoms with E-state index in [-0.39, 0.29) is 0 Å². The van der Waals surface area contributed by atoms with Crippen LogP contribution in [0.4, 0.5) is 0 Å². The Morgan fingerprint density at radius 3 is 2.00 bits per heavy atom. The van der Waals surface area contributed by atoms with E-state index in [1.54, 1.807) is 7.11 Å². The molecule has 0 amide bonds. The van der Waals surface area contributed by atoms with Crippen LogP contribution >= 0.6 is 0 Å². The summed E-state index contributed by atoms with van der Waals surface area (Å²) in [4.78, 5) is 10.8. The Morgan fingerprint density at radius 2 is 1.57 bits per heavy atom. The van der Waals surface area contributed by atoms with E-state index in [2.05, 4.69) is 0 Å². The average molecular weight is 282 g/mol. The Bertz CT molecular complexity index is 637. The highest BCUT2D eigenvalue weighted by Gasteiger charge is 2.03. The van der Waals surface area contributed by atoms with Crippen LogP contribution < -0.4 is 4.74 Å². The molecule has 0 fully saturated rings.